The SMILES string of the molecule is O=C(O)CC(O)CNC(=O)c1ccc2nc(-c3cc4c(F)cccc4[nH]c3=O)[nH]c2c1. The molecular weight excluding hydrogens is 407 g/mol. The van der Waals surface area contributed by atoms with Gasteiger partial charge < -0.3 is 25.5 Å². The van der Waals surface area contributed by atoms with E-state index in [4.69, 9.17) is 5.11 Å². The number of fused-ring (bicyclic) bond motifs is 2. The highest BCUT2D eigenvalue weighted by molar-refractivity contribution is 5.97. The fraction of sp³-hybridized carbons (Fsp3) is 0.143. The fourth-order valence-corrected chi connectivity index (χ4v) is 3.23. The molecule has 1 atom stereocenters. The van der Waals surface area contributed by atoms with Gasteiger partial charge in [-0.25, -0.2) is 9.37 Å². The van der Waals surface area contributed by atoms with E-state index in [1.54, 1.807) is 12.1 Å². The molecule has 4 aromatic rings. The number of aliphatic hydroxyl groups excluding tert-OH is 1. The lowest BCUT2D eigenvalue weighted by molar-refractivity contribution is -0.139. The standard InChI is InChI=1S/C21H17FN4O5/c22-14-2-1-3-15-12(14)8-13(21(31)26-15)19-24-16-5-4-10(6-17(16)25-19)20(30)23-9-11(27)7-18(28)29/h1-6,8,11,27H,7,9H2,(H,23,30)(H,24,25)(H,26,31)(H,28,29). The third kappa shape index (κ3) is 4.14. The first-order chi connectivity index (χ1) is 14.8. The van der Waals surface area contributed by atoms with Gasteiger partial charge in [-0.2, -0.15) is 0 Å². The molecule has 0 aliphatic carbocycles. The van der Waals surface area contributed by atoms with Crippen LogP contribution in [0.4, 0.5) is 4.39 Å². The van der Waals surface area contributed by atoms with Crippen LogP contribution in [0.25, 0.3) is 33.3 Å². The maximum absolute atomic E-state index is 14.1. The zero-order chi connectivity index (χ0) is 22.1. The molecule has 158 valence electrons. The predicted octanol–water partition coefficient (Wildman–Crippen LogP) is 1.78. The Bertz CT molecular complexity index is 1380. The number of carboxylic acid groups (broad SMARTS) is 1. The minimum atomic E-state index is -1.20. The van der Waals surface area contributed by atoms with Crippen LogP contribution in [0.5, 0.6) is 0 Å². The number of rotatable bonds is 6. The van der Waals surface area contributed by atoms with E-state index < -0.39 is 35.8 Å². The summed E-state index contributed by atoms with van der Waals surface area (Å²) in [5, 5.41) is 20.9. The Kier molecular flexibility index (Phi) is 5.22. The van der Waals surface area contributed by atoms with Gasteiger partial charge in [0.1, 0.15) is 11.6 Å². The molecule has 2 aromatic heterocycles. The molecule has 2 aromatic carbocycles. The number of carbonyl (C=O) groups is 2. The van der Waals surface area contributed by atoms with Crippen molar-refractivity contribution in [3.8, 4) is 11.4 Å². The summed E-state index contributed by atoms with van der Waals surface area (Å²) in [5.41, 5.74) is 1.30. The summed E-state index contributed by atoms with van der Waals surface area (Å²) < 4.78 is 14.1. The molecule has 1 amide bonds. The number of aromatic amines is 2. The van der Waals surface area contributed by atoms with Gasteiger partial charge in [-0.1, -0.05) is 6.07 Å². The zero-order valence-corrected chi connectivity index (χ0v) is 16.0. The molecule has 31 heavy (non-hydrogen) atoms. The topological polar surface area (TPSA) is 148 Å². The van der Waals surface area contributed by atoms with E-state index in [0.29, 0.717) is 16.6 Å². The van der Waals surface area contributed by atoms with Crippen molar-refractivity contribution in [2.75, 3.05) is 6.54 Å². The number of aromatic nitrogens is 3. The zero-order valence-electron chi connectivity index (χ0n) is 16.0. The highest BCUT2D eigenvalue weighted by Crippen LogP contribution is 2.23. The summed E-state index contributed by atoms with van der Waals surface area (Å²) in [7, 11) is 0. The number of hydrogen-bond acceptors (Lipinski definition) is 5. The number of amides is 1. The lowest BCUT2D eigenvalue weighted by Gasteiger charge is -2.09. The number of carboxylic acids is 1. The van der Waals surface area contributed by atoms with Crippen LogP contribution in [0.1, 0.15) is 16.8 Å². The highest BCUT2D eigenvalue weighted by Gasteiger charge is 2.15. The number of aliphatic hydroxyl groups is 1. The molecule has 5 N–H and O–H groups in total. The minimum Gasteiger partial charge on any atom is -0.481 e. The molecule has 0 saturated carbocycles. The quantitative estimate of drug-likeness (QED) is 0.319. The monoisotopic (exact) mass is 424 g/mol. The van der Waals surface area contributed by atoms with Gasteiger partial charge in [-0.05, 0) is 36.4 Å². The third-order valence-electron chi connectivity index (χ3n) is 4.74. The Morgan fingerprint density at radius 1 is 1.13 bits per heavy atom. The fourth-order valence-electron chi connectivity index (χ4n) is 3.23. The van der Waals surface area contributed by atoms with Crippen molar-refractivity contribution in [1.82, 2.24) is 20.3 Å². The maximum atomic E-state index is 14.1. The van der Waals surface area contributed by atoms with Gasteiger partial charge in [-0.15, -0.1) is 0 Å². The van der Waals surface area contributed by atoms with Gasteiger partial charge in [0.2, 0.25) is 0 Å². The van der Waals surface area contributed by atoms with Crippen LogP contribution in [0.15, 0.2) is 47.3 Å². The number of H-pyrrole nitrogens is 2. The molecule has 0 saturated heterocycles. The third-order valence-corrected chi connectivity index (χ3v) is 4.74. The molecule has 0 aliphatic heterocycles. The molecule has 4 rings (SSSR count). The second-order valence-electron chi connectivity index (χ2n) is 6.99. The van der Waals surface area contributed by atoms with Crippen molar-refractivity contribution in [2.24, 2.45) is 0 Å². The lowest BCUT2D eigenvalue weighted by Crippen LogP contribution is -2.33. The summed E-state index contributed by atoms with van der Waals surface area (Å²) in [5.74, 6) is -1.93. The lowest BCUT2D eigenvalue weighted by atomic mass is 10.1. The highest BCUT2D eigenvalue weighted by atomic mass is 19.1. The number of nitrogens with zero attached hydrogens (tertiary/aromatic N) is 1. The van der Waals surface area contributed by atoms with Gasteiger partial charge in [0.25, 0.3) is 11.5 Å². The predicted molar refractivity (Wildman–Crippen MR) is 110 cm³/mol. The van der Waals surface area contributed by atoms with E-state index in [9.17, 15) is 23.9 Å². The molecular formula is C21H17FN4O5. The Morgan fingerprint density at radius 3 is 2.71 bits per heavy atom. The first-order valence-corrected chi connectivity index (χ1v) is 9.31. The summed E-state index contributed by atoms with van der Waals surface area (Å²) in [6, 6.07) is 10.4. The molecule has 1 unspecified atom stereocenters. The van der Waals surface area contributed by atoms with Crippen molar-refractivity contribution >= 4 is 33.8 Å². The molecule has 10 heteroatoms. The van der Waals surface area contributed by atoms with Crippen LogP contribution >= 0.6 is 0 Å². The van der Waals surface area contributed by atoms with Gasteiger partial charge >= 0.3 is 5.97 Å². The number of carbonyl (C=O) groups excluding carboxylic acids is 1. The Morgan fingerprint density at radius 2 is 1.94 bits per heavy atom. The molecule has 0 bridgehead atoms. The van der Waals surface area contributed by atoms with Crippen LogP contribution in [-0.2, 0) is 4.79 Å². The van der Waals surface area contributed by atoms with Gasteiger partial charge in [-0.3, -0.25) is 14.4 Å². The normalized spacial score (nSPS) is 12.2. The Balaban J connectivity index is 1.62. The van der Waals surface area contributed by atoms with Gasteiger partial charge in [0.15, 0.2) is 0 Å². The first-order valence-electron chi connectivity index (χ1n) is 9.31. The summed E-state index contributed by atoms with van der Waals surface area (Å²) in [6.45, 7) is -0.213. The average Bonchev–Trinajstić information content (AvgIpc) is 3.14. The number of halogens is 1. The molecule has 2 heterocycles. The number of aliphatic carboxylic acids is 1. The number of pyridine rings is 1. The number of benzene rings is 2. The van der Waals surface area contributed by atoms with E-state index in [1.165, 1.54) is 30.3 Å². The molecule has 0 spiro atoms. The van der Waals surface area contributed by atoms with E-state index in [-0.39, 0.29) is 28.9 Å². The largest absolute Gasteiger partial charge is 0.481 e. The van der Waals surface area contributed by atoms with E-state index in [2.05, 4.69) is 20.3 Å². The first kappa shape index (κ1) is 20.2. The maximum Gasteiger partial charge on any atom is 0.306 e. The molecule has 0 aliphatic rings. The summed E-state index contributed by atoms with van der Waals surface area (Å²) >= 11 is 0. The van der Waals surface area contributed by atoms with E-state index in [0.717, 1.165) is 0 Å². The van der Waals surface area contributed by atoms with Crippen LogP contribution < -0.4 is 10.9 Å². The second kappa shape index (κ2) is 8.00. The second-order valence-corrected chi connectivity index (χ2v) is 6.99. The van der Waals surface area contributed by atoms with Crippen molar-refractivity contribution in [3.05, 3.63) is 64.2 Å². The van der Waals surface area contributed by atoms with Crippen LogP contribution in [0.2, 0.25) is 0 Å². The Hall–Kier alpha value is -4.05. The molecule has 0 radical (unpaired) electrons. The van der Waals surface area contributed by atoms with Crippen LogP contribution in [0, 0.1) is 5.82 Å². The van der Waals surface area contributed by atoms with Crippen molar-refractivity contribution in [3.63, 3.8) is 0 Å². The van der Waals surface area contributed by atoms with Crippen molar-refractivity contribution in [1.29, 1.82) is 0 Å². The smallest absolute Gasteiger partial charge is 0.306 e. The minimum absolute atomic E-state index is 0.150. The number of nitrogens with one attached hydrogen (secondary N) is 3. The van der Waals surface area contributed by atoms with E-state index >= 15 is 0 Å². The summed E-state index contributed by atoms with van der Waals surface area (Å²) in [6.07, 6.45) is -1.69. The molecule has 0 fully saturated rings. The average molecular weight is 424 g/mol. The van der Waals surface area contributed by atoms with Gasteiger partial charge in [0.05, 0.1) is 34.6 Å². The number of hydrogen-bond donors (Lipinski definition) is 5. The van der Waals surface area contributed by atoms with Crippen LogP contribution in [-0.4, -0.2) is 49.7 Å². The molecule has 9 nitrogen and oxygen atoms in total. The van der Waals surface area contributed by atoms with E-state index in [1.807, 2.05) is 0 Å². The van der Waals surface area contributed by atoms with Gasteiger partial charge in [0, 0.05) is 17.5 Å². The van der Waals surface area contributed by atoms with Crippen LogP contribution in [0.3, 0.4) is 0 Å². The Labute approximate surface area is 173 Å². The summed E-state index contributed by atoms with van der Waals surface area (Å²) in [4.78, 5) is 45.3. The number of imidazole rings is 1. The van der Waals surface area contributed by atoms with Crippen molar-refractivity contribution in [2.45, 2.75) is 12.5 Å². The van der Waals surface area contributed by atoms with Crippen molar-refractivity contribution < 1.29 is 24.2 Å².